The van der Waals surface area contributed by atoms with Crippen LogP contribution in [0.15, 0.2) is 24.3 Å². The first kappa shape index (κ1) is 12.6. The lowest BCUT2D eigenvalue weighted by molar-refractivity contribution is 0.0572. The highest BCUT2D eigenvalue weighted by molar-refractivity contribution is 7.21. The summed E-state index contributed by atoms with van der Waals surface area (Å²) in [5.41, 5.74) is 0.974. The summed E-state index contributed by atoms with van der Waals surface area (Å²) in [6.45, 7) is 2.34. The smallest absolute Gasteiger partial charge is 0.264 e. The maximum Gasteiger partial charge on any atom is 0.264 e. The second-order valence-electron chi connectivity index (χ2n) is 4.90. The maximum absolute atomic E-state index is 12.4. The van der Waals surface area contributed by atoms with Crippen molar-refractivity contribution >= 4 is 27.3 Å². The molecule has 2 N–H and O–H groups in total. The summed E-state index contributed by atoms with van der Waals surface area (Å²) < 4.78 is 1.09. The van der Waals surface area contributed by atoms with Crippen molar-refractivity contribution in [3.63, 3.8) is 0 Å². The first-order valence-corrected chi connectivity index (χ1v) is 7.03. The van der Waals surface area contributed by atoms with Crippen LogP contribution in [0, 0.1) is 6.92 Å². The minimum Gasteiger partial charge on any atom is -0.388 e. The second-order valence-corrected chi connectivity index (χ2v) is 5.95. The molecule has 100 valence electrons. The van der Waals surface area contributed by atoms with Crippen LogP contribution in [0.25, 0.3) is 10.1 Å². The topological polar surface area (TPSA) is 60.8 Å². The van der Waals surface area contributed by atoms with Crippen molar-refractivity contribution in [1.29, 1.82) is 0 Å². The van der Waals surface area contributed by atoms with Gasteiger partial charge in [-0.1, -0.05) is 18.2 Å². The van der Waals surface area contributed by atoms with Crippen LogP contribution in [0.1, 0.15) is 15.2 Å². The number of β-amino-alcohol motifs (C(OH)–C–C–N with tert-alkyl or cyclic N) is 2. The van der Waals surface area contributed by atoms with E-state index >= 15 is 0 Å². The third-order valence-electron chi connectivity index (χ3n) is 3.58. The Morgan fingerprint density at radius 2 is 1.89 bits per heavy atom. The van der Waals surface area contributed by atoms with Crippen LogP contribution in [-0.2, 0) is 0 Å². The first-order valence-electron chi connectivity index (χ1n) is 6.21. The molecule has 1 aliphatic rings. The fourth-order valence-corrected chi connectivity index (χ4v) is 3.63. The van der Waals surface area contributed by atoms with Crippen LogP contribution >= 0.6 is 11.3 Å². The zero-order valence-corrected chi connectivity index (χ0v) is 11.4. The standard InChI is InChI=1S/C14H15NO3S/c1-8-9-4-2-3-5-12(9)19-13(8)14(18)15-6-10(16)11(17)7-15/h2-5,10-11,16-17H,6-7H2,1H3. The molecule has 0 spiro atoms. The predicted molar refractivity (Wildman–Crippen MR) is 74.5 cm³/mol. The van der Waals surface area contributed by atoms with Crippen LogP contribution in [0.4, 0.5) is 0 Å². The Kier molecular flexibility index (Phi) is 3.05. The highest BCUT2D eigenvalue weighted by Gasteiger charge is 2.34. The molecule has 1 fully saturated rings. The summed E-state index contributed by atoms with van der Waals surface area (Å²) in [5.74, 6) is -0.103. The van der Waals surface area contributed by atoms with Crippen molar-refractivity contribution < 1.29 is 15.0 Å². The van der Waals surface area contributed by atoms with E-state index in [0.29, 0.717) is 4.88 Å². The largest absolute Gasteiger partial charge is 0.388 e. The van der Waals surface area contributed by atoms with Crippen LogP contribution in [-0.4, -0.2) is 46.3 Å². The quantitative estimate of drug-likeness (QED) is 0.828. The molecule has 0 bridgehead atoms. The Hall–Kier alpha value is -1.43. The van der Waals surface area contributed by atoms with Gasteiger partial charge in [-0.15, -0.1) is 11.3 Å². The van der Waals surface area contributed by atoms with Crippen LogP contribution in [0.3, 0.4) is 0 Å². The average molecular weight is 277 g/mol. The molecule has 19 heavy (non-hydrogen) atoms. The molecule has 0 aliphatic carbocycles. The van der Waals surface area contributed by atoms with Crippen molar-refractivity contribution in [3.8, 4) is 0 Å². The number of carbonyl (C=O) groups excluding carboxylic acids is 1. The lowest BCUT2D eigenvalue weighted by Crippen LogP contribution is -2.29. The van der Waals surface area contributed by atoms with Gasteiger partial charge in [-0.3, -0.25) is 4.79 Å². The average Bonchev–Trinajstić information content (AvgIpc) is 2.91. The highest BCUT2D eigenvalue weighted by Crippen LogP contribution is 2.32. The molecular weight excluding hydrogens is 262 g/mol. The van der Waals surface area contributed by atoms with Gasteiger partial charge in [0, 0.05) is 17.8 Å². The normalized spacial score (nSPS) is 23.2. The van der Waals surface area contributed by atoms with E-state index in [0.717, 1.165) is 15.6 Å². The van der Waals surface area contributed by atoms with E-state index in [2.05, 4.69) is 0 Å². The number of benzene rings is 1. The van der Waals surface area contributed by atoms with Gasteiger partial charge in [-0.2, -0.15) is 0 Å². The SMILES string of the molecule is Cc1c(C(=O)N2CC(O)C(O)C2)sc2ccccc12. The van der Waals surface area contributed by atoms with Gasteiger partial charge in [0.05, 0.1) is 17.1 Å². The van der Waals surface area contributed by atoms with E-state index in [9.17, 15) is 15.0 Å². The second kappa shape index (κ2) is 4.59. The molecule has 1 aliphatic heterocycles. The number of nitrogens with zero attached hydrogens (tertiary/aromatic N) is 1. The molecule has 0 saturated carbocycles. The summed E-state index contributed by atoms with van der Waals surface area (Å²) in [7, 11) is 0. The Morgan fingerprint density at radius 3 is 2.53 bits per heavy atom. The van der Waals surface area contributed by atoms with E-state index in [1.165, 1.54) is 16.2 Å². The molecule has 2 atom stereocenters. The van der Waals surface area contributed by atoms with Crippen molar-refractivity contribution in [2.45, 2.75) is 19.1 Å². The number of likely N-dealkylation sites (tertiary alicyclic amines) is 1. The number of aryl methyl sites for hydroxylation is 1. The number of aliphatic hydroxyl groups excluding tert-OH is 2. The highest BCUT2D eigenvalue weighted by atomic mass is 32.1. The number of aliphatic hydroxyl groups is 2. The summed E-state index contributed by atoms with van der Waals surface area (Å²) >= 11 is 1.47. The van der Waals surface area contributed by atoms with Gasteiger partial charge in [-0.05, 0) is 23.9 Å². The van der Waals surface area contributed by atoms with Crippen molar-refractivity contribution in [1.82, 2.24) is 4.90 Å². The minimum absolute atomic E-state index is 0.103. The third kappa shape index (κ3) is 2.04. The van der Waals surface area contributed by atoms with Gasteiger partial charge < -0.3 is 15.1 Å². The van der Waals surface area contributed by atoms with Crippen molar-refractivity contribution in [2.75, 3.05) is 13.1 Å². The fraction of sp³-hybridized carbons (Fsp3) is 0.357. The summed E-state index contributed by atoms with van der Waals surface area (Å²) in [6, 6.07) is 7.92. The fourth-order valence-electron chi connectivity index (χ4n) is 2.46. The number of amides is 1. The van der Waals surface area contributed by atoms with Gasteiger partial charge in [0.15, 0.2) is 0 Å². The minimum atomic E-state index is -0.835. The van der Waals surface area contributed by atoms with Gasteiger partial charge in [-0.25, -0.2) is 0 Å². The zero-order chi connectivity index (χ0) is 13.6. The van der Waals surface area contributed by atoms with Crippen molar-refractivity contribution in [3.05, 3.63) is 34.7 Å². The maximum atomic E-state index is 12.4. The number of hydrogen-bond donors (Lipinski definition) is 2. The number of thiophene rings is 1. The summed E-state index contributed by atoms with van der Waals surface area (Å²) in [6.07, 6.45) is -1.67. The van der Waals surface area contributed by atoms with E-state index in [1.54, 1.807) is 0 Å². The number of carbonyl (C=O) groups is 1. The van der Waals surface area contributed by atoms with E-state index in [4.69, 9.17) is 0 Å². The summed E-state index contributed by atoms with van der Waals surface area (Å²) in [5, 5.41) is 20.2. The molecule has 1 amide bonds. The Labute approximate surface area is 114 Å². The van der Waals surface area contributed by atoms with E-state index in [1.807, 2.05) is 31.2 Å². The third-order valence-corrected chi connectivity index (χ3v) is 4.85. The predicted octanol–water partition coefficient (Wildman–Crippen LogP) is 1.39. The lowest BCUT2D eigenvalue weighted by Gasteiger charge is -2.14. The molecule has 1 saturated heterocycles. The number of hydrogen-bond acceptors (Lipinski definition) is 4. The molecule has 4 nitrogen and oxygen atoms in total. The van der Waals surface area contributed by atoms with E-state index in [-0.39, 0.29) is 19.0 Å². The Balaban J connectivity index is 1.96. The van der Waals surface area contributed by atoms with Gasteiger partial charge in [0.1, 0.15) is 0 Å². The number of rotatable bonds is 1. The van der Waals surface area contributed by atoms with Gasteiger partial charge in [0.2, 0.25) is 0 Å². The molecular formula is C14H15NO3S. The molecule has 1 aromatic heterocycles. The van der Waals surface area contributed by atoms with E-state index < -0.39 is 12.2 Å². The zero-order valence-electron chi connectivity index (χ0n) is 10.5. The number of fused-ring (bicyclic) bond motifs is 1. The molecule has 5 heteroatoms. The molecule has 2 unspecified atom stereocenters. The van der Waals surface area contributed by atoms with Gasteiger partial charge >= 0.3 is 0 Å². The molecule has 2 aromatic rings. The first-order chi connectivity index (χ1) is 9.08. The summed E-state index contributed by atoms with van der Waals surface area (Å²) in [4.78, 5) is 14.7. The van der Waals surface area contributed by atoms with Gasteiger partial charge in [0.25, 0.3) is 5.91 Å². The monoisotopic (exact) mass is 277 g/mol. The Bertz CT molecular complexity index is 627. The van der Waals surface area contributed by atoms with Crippen LogP contribution in [0.5, 0.6) is 0 Å². The van der Waals surface area contributed by atoms with Crippen LogP contribution in [0.2, 0.25) is 0 Å². The molecule has 0 radical (unpaired) electrons. The Morgan fingerprint density at radius 1 is 1.26 bits per heavy atom. The molecule has 2 heterocycles. The lowest BCUT2D eigenvalue weighted by atomic mass is 10.1. The molecule has 1 aromatic carbocycles. The van der Waals surface area contributed by atoms with Crippen LogP contribution < -0.4 is 0 Å². The van der Waals surface area contributed by atoms with Crippen molar-refractivity contribution in [2.24, 2.45) is 0 Å². The molecule has 3 rings (SSSR count).